The van der Waals surface area contributed by atoms with Gasteiger partial charge >= 0.3 is 0 Å². The maximum atomic E-state index is 4.33. The molecule has 1 aromatic heterocycles. The van der Waals surface area contributed by atoms with Crippen LogP contribution in [0.3, 0.4) is 0 Å². The minimum Gasteiger partial charge on any atom is -0.256 e. The van der Waals surface area contributed by atoms with Crippen molar-refractivity contribution in [2.45, 2.75) is 6.92 Å². The van der Waals surface area contributed by atoms with Crippen LogP contribution in [0.2, 0.25) is 0 Å². The van der Waals surface area contributed by atoms with Crippen LogP contribution in [-0.4, -0.2) is 4.98 Å². The van der Waals surface area contributed by atoms with Crippen LogP contribution in [0, 0.1) is 6.92 Å². The Balaban J connectivity index is 2.73. The Morgan fingerprint density at radius 2 is 2.13 bits per heavy atom. The molecule has 0 unspecified atom stereocenters. The van der Waals surface area contributed by atoms with Crippen molar-refractivity contribution in [1.82, 2.24) is 4.98 Å². The van der Waals surface area contributed by atoms with E-state index in [0.717, 1.165) is 5.52 Å². The molecule has 0 fully saturated rings. The predicted molar refractivity (Wildman–Crippen MR) is 65.7 cm³/mol. The summed E-state index contributed by atoms with van der Waals surface area (Å²) in [5.74, 6) is 0. The van der Waals surface area contributed by atoms with Crippen molar-refractivity contribution >= 4 is 17.0 Å². The lowest BCUT2D eigenvalue weighted by Crippen LogP contribution is -1.85. The Hall–Kier alpha value is -1.89. The predicted octanol–water partition coefficient (Wildman–Crippen LogP) is 3.74. The van der Waals surface area contributed by atoms with Crippen molar-refractivity contribution in [2.24, 2.45) is 0 Å². The van der Waals surface area contributed by atoms with Crippen LogP contribution in [0.15, 0.2) is 49.2 Å². The lowest BCUT2D eigenvalue weighted by atomic mass is 10.0. The average molecular weight is 195 g/mol. The third-order valence-electron chi connectivity index (χ3n) is 2.44. The van der Waals surface area contributed by atoms with Crippen LogP contribution >= 0.6 is 0 Å². The molecule has 1 nitrogen and oxygen atoms in total. The molecule has 0 radical (unpaired) electrons. The van der Waals surface area contributed by atoms with Gasteiger partial charge in [-0.1, -0.05) is 36.9 Å². The first-order valence-corrected chi connectivity index (χ1v) is 4.96. The lowest BCUT2D eigenvalue weighted by Gasteiger charge is -2.04. The maximum absolute atomic E-state index is 4.33. The highest BCUT2D eigenvalue weighted by Gasteiger charge is 2.01. The van der Waals surface area contributed by atoms with E-state index in [4.69, 9.17) is 0 Å². The molecule has 0 atom stereocenters. The minimum absolute atomic E-state index is 1.03. The zero-order valence-corrected chi connectivity index (χ0v) is 8.77. The first kappa shape index (κ1) is 9.66. The maximum Gasteiger partial charge on any atom is 0.0708 e. The monoisotopic (exact) mass is 195 g/mol. The molecule has 2 rings (SSSR count). The van der Waals surface area contributed by atoms with Gasteiger partial charge in [-0.25, -0.2) is 0 Å². The first-order valence-electron chi connectivity index (χ1n) is 4.96. The Morgan fingerprint density at radius 1 is 1.27 bits per heavy atom. The van der Waals surface area contributed by atoms with E-state index in [9.17, 15) is 0 Å². The van der Waals surface area contributed by atoms with Crippen molar-refractivity contribution in [3.63, 3.8) is 0 Å². The molecule has 1 heteroatoms. The van der Waals surface area contributed by atoms with Gasteiger partial charge in [-0.2, -0.15) is 0 Å². The second-order valence-corrected chi connectivity index (χ2v) is 3.46. The van der Waals surface area contributed by atoms with E-state index < -0.39 is 0 Å². The topological polar surface area (TPSA) is 12.9 Å². The van der Waals surface area contributed by atoms with Crippen molar-refractivity contribution in [1.29, 1.82) is 0 Å². The van der Waals surface area contributed by atoms with Gasteiger partial charge < -0.3 is 0 Å². The van der Waals surface area contributed by atoms with Gasteiger partial charge in [0, 0.05) is 11.6 Å². The second-order valence-electron chi connectivity index (χ2n) is 3.46. The largest absolute Gasteiger partial charge is 0.256 e. The number of nitrogens with zero attached hydrogens (tertiary/aromatic N) is 1. The first-order chi connectivity index (χ1) is 7.33. The van der Waals surface area contributed by atoms with E-state index in [1.54, 1.807) is 6.08 Å². The van der Waals surface area contributed by atoms with Gasteiger partial charge in [0.25, 0.3) is 0 Å². The molecule has 0 aliphatic rings. The highest BCUT2D eigenvalue weighted by atomic mass is 14.6. The zero-order valence-electron chi connectivity index (χ0n) is 8.77. The highest BCUT2D eigenvalue weighted by molar-refractivity contribution is 5.89. The third kappa shape index (κ3) is 1.82. The summed E-state index contributed by atoms with van der Waals surface area (Å²) in [7, 11) is 0. The number of benzene rings is 1. The molecule has 0 N–H and O–H groups in total. The minimum atomic E-state index is 1.03. The van der Waals surface area contributed by atoms with E-state index in [1.165, 1.54) is 16.5 Å². The van der Waals surface area contributed by atoms with Crippen molar-refractivity contribution in [3.05, 3.63) is 60.3 Å². The molecule has 0 aliphatic heterocycles. The molecule has 1 heterocycles. The molecule has 1 aromatic carbocycles. The van der Waals surface area contributed by atoms with Crippen LogP contribution in [-0.2, 0) is 0 Å². The van der Waals surface area contributed by atoms with Gasteiger partial charge in [0.05, 0.1) is 5.52 Å². The van der Waals surface area contributed by atoms with Crippen molar-refractivity contribution < 1.29 is 0 Å². The van der Waals surface area contributed by atoms with Crippen LogP contribution < -0.4 is 0 Å². The van der Waals surface area contributed by atoms with Gasteiger partial charge in [-0.3, -0.25) is 4.98 Å². The van der Waals surface area contributed by atoms with E-state index >= 15 is 0 Å². The number of pyridine rings is 1. The van der Waals surface area contributed by atoms with E-state index in [2.05, 4.69) is 42.8 Å². The fourth-order valence-electron chi connectivity index (χ4n) is 1.67. The lowest BCUT2D eigenvalue weighted by molar-refractivity contribution is 1.39. The molecule has 0 saturated carbocycles. The molecule has 0 saturated heterocycles. The summed E-state index contributed by atoms with van der Waals surface area (Å²) in [5, 5.41) is 1.19. The van der Waals surface area contributed by atoms with Crippen LogP contribution in [0.4, 0.5) is 0 Å². The average Bonchev–Trinajstić information content (AvgIpc) is 2.28. The molecule has 0 bridgehead atoms. The summed E-state index contributed by atoms with van der Waals surface area (Å²) in [6.07, 6.45) is 7.63. The Labute approximate surface area is 89.8 Å². The van der Waals surface area contributed by atoms with E-state index in [0.29, 0.717) is 0 Å². The van der Waals surface area contributed by atoms with E-state index in [-0.39, 0.29) is 0 Å². The molecule has 15 heavy (non-hydrogen) atoms. The van der Waals surface area contributed by atoms with Gasteiger partial charge in [0.15, 0.2) is 0 Å². The molecule has 0 spiro atoms. The fourth-order valence-corrected chi connectivity index (χ4v) is 1.67. The standard InChI is InChI=1S/C14H13N/c1-3-4-6-12-11(2)8-9-14-13(12)7-5-10-15-14/h3-10H,1H2,2H3/b6-4-. The molecule has 74 valence electrons. The quantitative estimate of drug-likeness (QED) is 0.665. The zero-order chi connectivity index (χ0) is 10.7. The third-order valence-corrected chi connectivity index (χ3v) is 2.44. The van der Waals surface area contributed by atoms with Gasteiger partial charge in [0.1, 0.15) is 0 Å². The normalized spacial score (nSPS) is 11.0. The van der Waals surface area contributed by atoms with Gasteiger partial charge in [-0.05, 0) is 30.2 Å². The second kappa shape index (κ2) is 4.09. The van der Waals surface area contributed by atoms with E-state index in [1.807, 2.05) is 18.3 Å². The number of hydrogen-bond acceptors (Lipinski definition) is 1. The number of fused-ring (bicyclic) bond motifs is 1. The molecular formula is C14H13N. The van der Waals surface area contributed by atoms with Crippen LogP contribution in [0.5, 0.6) is 0 Å². The summed E-state index contributed by atoms with van der Waals surface area (Å²) in [5.41, 5.74) is 3.51. The smallest absolute Gasteiger partial charge is 0.0708 e. The van der Waals surface area contributed by atoms with Crippen LogP contribution in [0.1, 0.15) is 11.1 Å². The number of allylic oxidation sites excluding steroid dienone is 2. The number of rotatable bonds is 2. The Bertz CT molecular complexity index is 524. The molecule has 0 aliphatic carbocycles. The highest BCUT2D eigenvalue weighted by Crippen LogP contribution is 2.21. The molecular weight excluding hydrogens is 182 g/mol. The summed E-state index contributed by atoms with van der Waals surface area (Å²) in [6.45, 7) is 5.79. The Morgan fingerprint density at radius 3 is 2.93 bits per heavy atom. The number of aromatic nitrogens is 1. The summed E-state index contributed by atoms with van der Waals surface area (Å²) < 4.78 is 0. The molecule has 0 amide bonds. The molecule has 2 aromatic rings. The van der Waals surface area contributed by atoms with Crippen molar-refractivity contribution in [2.75, 3.05) is 0 Å². The number of aryl methyl sites for hydroxylation is 1. The van der Waals surface area contributed by atoms with Crippen LogP contribution in [0.25, 0.3) is 17.0 Å². The summed E-state index contributed by atoms with van der Waals surface area (Å²) in [4.78, 5) is 4.33. The summed E-state index contributed by atoms with van der Waals surface area (Å²) >= 11 is 0. The number of hydrogen-bond donors (Lipinski definition) is 0. The van der Waals surface area contributed by atoms with Gasteiger partial charge in [0.2, 0.25) is 0 Å². The van der Waals surface area contributed by atoms with Gasteiger partial charge in [-0.15, -0.1) is 0 Å². The Kier molecular flexibility index (Phi) is 2.64. The SMILES string of the molecule is C=C/C=C\c1c(C)ccc2ncccc12. The summed E-state index contributed by atoms with van der Waals surface area (Å²) in [6, 6.07) is 8.21. The van der Waals surface area contributed by atoms with Crippen molar-refractivity contribution in [3.8, 4) is 0 Å². The fraction of sp³-hybridized carbons (Fsp3) is 0.0714.